The maximum atomic E-state index is 13.1. The van der Waals surface area contributed by atoms with Crippen LogP contribution in [0.25, 0.3) is 0 Å². The molecule has 3 nitrogen and oxygen atoms in total. The third-order valence-electron chi connectivity index (χ3n) is 4.73. The fourth-order valence-corrected chi connectivity index (χ4v) is 3.73. The van der Waals surface area contributed by atoms with Crippen molar-refractivity contribution in [1.82, 2.24) is 0 Å². The first kappa shape index (κ1) is 14.6. The number of benzene rings is 2. The molecule has 0 aromatic heterocycles. The summed E-state index contributed by atoms with van der Waals surface area (Å²) in [5, 5.41) is 0.678. The molecule has 0 unspecified atom stereocenters. The van der Waals surface area contributed by atoms with Crippen LogP contribution >= 0.6 is 11.6 Å². The van der Waals surface area contributed by atoms with Gasteiger partial charge in [-0.1, -0.05) is 29.8 Å². The molecular formula is C19H18ClNO2. The number of carbonyl (C=O) groups excluding carboxylic acids is 1. The van der Waals surface area contributed by atoms with E-state index in [0.29, 0.717) is 11.4 Å². The van der Waals surface area contributed by atoms with Crippen molar-refractivity contribution in [3.05, 3.63) is 58.6 Å². The van der Waals surface area contributed by atoms with Gasteiger partial charge in [0, 0.05) is 23.2 Å². The highest BCUT2D eigenvalue weighted by atomic mass is 35.5. The number of nitrogens with zero attached hydrogens (tertiary/aromatic N) is 1. The molecule has 0 aliphatic carbocycles. The SMILES string of the molecule is C[C@H]1CCc2ccccc2N1C(=O)[C@@H]1Cc2cc(Cl)ccc2O1. The van der Waals surface area contributed by atoms with Crippen LogP contribution in [0.3, 0.4) is 0 Å². The van der Waals surface area contributed by atoms with Crippen molar-refractivity contribution in [2.45, 2.75) is 38.3 Å². The lowest BCUT2D eigenvalue weighted by Crippen LogP contribution is -2.48. The van der Waals surface area contributed by atoms with Gasteiger partial charge in [0.15, 0.2) is 6.10 Å². The van der Waals surface area contributed by atoms with Crippen LogP contribution in [0.5, 0.6) is 5.75 Å². The molecule has 2 aliphatic heterocycles. The molecule has 2 atom stereocenters. The van der Waals surface area contributed by atoms with Gasteiger partial charge in [-0.2, -0.15) is 0 Å². The number of carbonyl (C=O) groups is 1. The third-order valence-corrected chi connectivity index (χ3v) is 4.97. The van der Waals surface area contributed by atoms with Crippen molar-refractivity contribution in [2.75, 3.05) is 4.90 Å². The second kappa shape index (κ2) is 5.57. The lowest BCUT2D eigenvalue weighted by molar-refractivity contribution is -0.125. The maximum absolute atomic E-state index is 13.1. The number of para-hydroxylation sites is 1. The summed E-state index contributed by atoms with van der Waals surface area (Å²) >= 11 is 6.04. The molecule has 2 heterocycles. The summed E-state index contributed by atoms with van der Waals surface area (Å²) in [4.78, 5) is 15.0. The Hall–Kier alpha value is -2.00. The lowest BCUT2D eigenvalue weighted by atomic mass is 9.95. The van der Waals surface area contributed by atoms with Gasteiger partial charge >= 0.3 is 0 Å². The Balaban J connectivity index is 1.63. The van der Waals surface area contributed by atoms with Gasteiger partial charge in [-0.05, 0) is 55.2 Å². The molecular weight excluding hydrogens is 310 g/mol. The molecule has 0 radical (unpaired) electrons. The highest BCUT2D eigenvalue weighted by molar-refractivity contribution is 6.30. The van der Waals surface area contributed by atoms with Crippen LogP contribution in [0, 0.1) is 0 Å². The molecule has 0 N–H and O–H groups in total. The fraction of sp³-hybridized carbons (Fsp3) is 0.316. The number of hydrogen-bond acceptors (Lipinski definition) is 2. The zero-order valence-corrected chi connectivity index (χ0v) is 13.7. The van der Waals surface area contributed by atoms with E-state index in [-0.39, 0.29) is 11.9 Å². The average molecular weight is 328 g/mol. The molecule has 2 aromatic carbocycles. The number of fused-ring (bicyclic) bond motifs is 2. The monoisotopic (exact) mass is 327 g/mol. The standard InChI is InChI=1S/C19H18ClNO2/c1-12-6-7-13-4-2-3-5-16(13)21(12)19(22)18-11-14-10-15(20)8-9-17(14)23-18/h2-5,8-10,12,18H,6-7,11H2,1H3/t12-,18-/m0/s1. The molecule has 4 rings (SSSR count). The Morgan fingerprint density at radius 1 is 1.22 bits per heavy atom. The first-order chi connectivity index (χ1) is 11.1. The summed E-state index contributed by atoms with van der Waals surface area (Å²) in [5.74, 6) is 0.808. The van der Waals surface area contributed by atoms with Gasteiger partial charge in [-0.3, -0.25) is 4.79 Å². The number of rotatable bonds is 1. The Labute approximate surface area is 140 Å². The number of anilines is 1. The second-order valence-corrected chi connectivity index (χ2v) is 6.72. The van der Waals surface area contributed by atoms with Gasteiger partial charge < -0.3 is 9.64 Å². The van der Waals surface area contributed by atoms with Gasteiger partial charge in [-0.15, -0.1) is 0 Å². The van der Waals surface area contributed by atoms with Crippen LogP contribution in [-0.2, 0) is 17.6 Å². The Kier molecular flexibility index (Phi) is 3.53. The highest BCUT2D eigenvalue weighted by Crippen LogP contribution is 2.35. The van der Waals surface area contributed by atoms with E-state index in [1.54, 1.807) is 6.07 Å². The second-order valence-electron chi connectivity index (χ2n) is 6.29. The molecule has 23 heavy (non-hydrogen) atoms. The van der Waals surface area contributed by atoms with Crippen LogP contribution in [-0.4, -0.2) is 18.1 Å². The van der Waals surface area contributed by atoms with E-state index in [9.17, 15) is 4.79 Å². The summed E-state index contributed by atoms with van der Waals surface area (Å²) in [5.41, 5.74) is 3.26. The molecule has 0 saturated carbocycles. The summed E-state index contributed by atoms with van der Waals surface area (Å²) in [6.45, 7) is 2.10. The van der Waals surface area contributed by atoms with Gasteiger partial charge in [-0.25, -0.2) is 0 Å². The fourth-order valence-electron chi connectivity index (χ4n) is 3.53. The molecule has 2 aromatic rings. The molecule has 0 fully saturated rings. The number of halogens is 1. The molecule has 2 aliphatic rings. The topological polar surface area (TPSA) is 29.5 Å². The van der Waals surface area contributed by atoms with Crippen molar-refractivity contribution < 1.29 is 9.53 Å². The van der Waals surface area contributed by atoms with E-state index in [0.717, 1.165) is 29.8 Å². The predicted molar refractivity (Wildman–Crippen MR) is 91.3 cm³/mol. The average Bonchev–Trinajstić information content (AvgIpc) is 2.97. The zero-order chi connectivity index (χ0) is 16.0. The number of aryl methyl sites for hydroxylation is 1. The first-order valence-electron chi connectivity index (χ1n) is 7.99. The number of hydrogen-bond donors (Lipinski definition) is 0. The molecule has 0 bridgehead atoms. The van der Waals surface area contributed by atoms with Crippen LogP contribution in [0.2, 0.25) is 5.02 Å². The largest absolute Gasteiger partial charge is 0.480 e. The highest BCUT2D eigenvalue weighted by Gasteiger charge is 2.37. The van der Waals surface area contributed by atoms with Gasteiger partial charge in [0.05, 0.1) is 0 Å². The van der Waals surface area contributed by atoms with Crippen LogP contribution in [0.4, 0.5) is 5.69 Å². The zero-order valence-electron chi connectivity index (χ0n) is 13.0. The maximum Gasteiger partial charge on any atom is 0.268 e. The Morgan fingerprint density at radius 3 is 2.91 bits per heavy atom. The predicted octanol–water partition coefficient (Wildman–Crippen LogP) is 4.01. The van der Waals surface area contributed by atoms with E-state index in [4.69, 9.17) is 16.3 Å². The minimum atomic E-state index is -0.461. The Morgan fingerprint density at radius 2 is 2.04 bits per heavy atom. The molecule has 0 saturated heterocycles. The van der Waals surface area contributed by atoms with Crippen molar-refractivity contribution in [3.8, 4) is 5.75 Å². The number of ether oxygens (including phenoxy) is 1. The summed E-state index contributed by atoms with van der Waals surface area (Å²) in [6.07, 6.45) is 2.12. The molecule has 1 amide bonds. The van der Waals surface area contributed by atoms with E-state index in [1.807, 2.05) is 35.2 Å². The van der Waals surface area contributed by atoms with Gasteiger partial charge in [0.25, 0.3) is 5.91 Å². The van der Waals surface area contributed by atoms with E-state index < -0.39 is 6.10 Å². The normalized spacial score (nSPS) is 22.3. The summed E-state index contributed by atoms with van der Waals surface area (Å²) in [6, 6.07) is 13.9. The van der Waals surface area contributed by atoms with E-state index in [2.05, 4.69) is 13.0 Å². The first-order valence-corrected chi connectivity index (χ1v) is 8.37. The smallest absolute Gasteiger partial charge is 0.268 e. The van der Waals surface area contributed by atoms with Crippen molar-refractivity contribution in [1.29, 1.82) is 0 Å². The van der Waals surface area contributed by atoms with E-state index in [1.165, 1.54) is 5.56 Å². The van der Waals surface area contributed by atoms with Crippen LogP contribution in [0.15, 0.2) is 42.5 Å². The minimum absolute atomic E-state index is 0.0389. The minimum Gasteiger partial charge on any atom is -0.480 e. The van der Waals surface area contributed by atoms with Gasteiger partial charge in [0.1, 0.15) is 5.75 Å². The molecule has 118 valence electrons. The quantitative estimate of drug-likeness (QED) is 0.792. The molecule has 0 spiro atoms. The molecule has 4 heteroatoms. The van der Waals surface area contributed by atoms with Crippen LogP contribution in [0.1, 0.15) is 24.5 Å². The lowest BCUT2D eigenvalue weighted by Gasteiger charge is -2.36. The number of amides is 1. The summed E-state index contributed by atoms with van der Waals surface area (Å²) < 4.78 is 5.89. The third kappa shape index (κ3) is 2.49. The van der Waals surface area contributed by atoms with Crippen molar-refractivity contribution >= 4 is 23.2 Å². The van der Waals surface area contributed by atoms with Crippen molar-refractivity contribution in [3.63, 3.8) is 0 Å². The summed E-state index contributed by atoms with van der Waals surface area (Å²) in [7, 11) is 0. The Bertz CT molecular complexity index is 774. The van der Waals surface area contributed by atoms with Crippen LogP contribution < -0.4 is 9.64 Å². The van der Waals surface area contributed by atoms with Crippen molar-refractivity contribution in [2.24, 2.45) is 0 Å². The van der Waals surface area contributed by atoms with Gasteiger partial charge in [0.2, 0.25) is 0 Å². The van der Waals surface area contributed by atoms with E-state index >= 15 is 0 Å².